The highest BCUT2D eigenvalue weighted by Gasteiger charge is 2.22. The summed E-state index contributed by atoms with van der Waals surface area (Å²) in [7, 11) is 1.79. The van der Waals surface area contributed by atoms with Crippen LogP contribution in [0.3, 0.4) is 0 Å². The predicted octanol–water partition coefficient (Wildman–Crippen LogP) is 7.67. The molecular formula is C32H27N7OS. The Hall–Kier alpha value is -4.89. The Labute approximate surface area is 241 Å². The lowest BCUT2D eigenvalue weighted by molar-refractivity contribution is 0.465. The van der Waals surface area contributed by atoms with Gasteiger partial charge in [-0.25, -0.2) is 15.0 Å². The van der Waals surface area contributed by atoms with Crippen molar-refractivity contribution in [3.05, 3.63) is 95.6 Å². The van der Waals surface area contributed by atoms with Gasteiger partial charge >= 0.3 is 0 Å². The molecule has 2 N–H and O–H groups in total. The predicted molar refractivity (Wildman–Crippen MR) is 164 cm³/mol. The van der Waals surface area contributed by atoms with Gasteiger partial charge in [0.15, 0.2) is 5.82 Å². The Morgan fingerprint density at radius 3 is 2.54 bits per heavy atom. The molecule has 0 spiro atoms. The molecule has 9 heteroatoms. The van der Waals surface area contributed by atoms with Crippen LogP contribution >= 0.6 is 11.3 Å². The molecule has 7 rings (SSSR count). The van der Waals surface area contributed by atoms with E-state index in [2.05, 4.69) is 60.3 Å². The number of hydrogen-bond donors (Lipinski definition) is 2. The molecule has 0 radical (unpaired) electrons. The maximum absolute atomic E-state index is 6.18. The minimum Gasteiger partial charge on any atom is -0.438 e. The quantitative estimate of drug-likeness (QED) is 0.206. The molecule has 8 nitrogen and oxygen atoms in total. The highest BCUT2D eigenvalue weighted by Crippen LogP contribution is 2.39. The average Bonchev–Trinajstić information content (AvgIpc) is 3.46. The summed E-state index contributed by atoms with van der Waals surface area (Å²) in [6.07, 6.45) is 7.74. The standard InChI is InChI=1S/C32H27N7OS/c1-33-32-35-18-16-27(37-32)25-10-6-17-34-31(25)40-21-14-12-20(13-15-21)36-30-24-9-3-2-8-23(24)29(38-39-30)26-19-41-28-11-5-4-7-22(26)28/h4-7,10-19H,2-3,8-9H2,1H3,(H,36,39)(H,33,35,37). The first-order chi connectivity index (χ1) is 20.3. The van der Waals surface area contributed by atoms with Crippen molar-refractivity contribution in [2.45, 2.75) is 25.7 Å². The second-order valence-corrected chi connectivity index (χ2v) is 10.7. The third-order valence-corrected chi connectivity index (χ3v) is 8.25. The highest BCUT2D eigenvalue weighted by molar-refractivity contribution is 7.17. The van der Waals surface area contributed by atoms with Crippen molar-refractivity contribution >= 4 is 38.9 Å². The third kappa shape index (κ3) is 4.96. The third-order valence-electron chi connectivity index (χ3n) is 7.28. The van der Waals surface area contributed by atoms with E-state index in [0.717, 1.165) is 47.7 Å². The monoisotopic (exact) mass is 557 g/mol. The molecule has 0 atom stereocenters. The summed E-state index contributed by atoms with van der Waals surface area (Å²) in [4.78, 5) is 13.2. The van der Waals surface area contributed by atoms with E-state index in [-0.39, 0.29) is 0 Å². The zero-order valence-corrected chi connectivity index (χ0v) is 23.3. The Kier molecular flexibility index (Phi) is 6.70. The maximum atomic E-state index is 6.18. The van der Waals surface area contributed by atoms with E-state index < -0.39 is 0 Å². The van der Waals surface area contributed by atoms with Crippen LogP contribution in [0.15, 0.2) is 84.5 Å². The molecule has 1 aliphatic carbocycles. The van der Waals surface area contributed by atoms with Crippen molar-refractivity contribution in [3.8, 4) is 34.1 Å². The summed E-state index contributed by atoms with van der Waals surface area (Å²) in [5.41, 5.74) is 7.21. The van der Waals surface area contributed by atoms with Gasteiger partial charge in [0.05, 0.1) is 17.0 Å². The van der Waals surface area contributed by atoms with E-state index in [0.29, 0.717) is 17.6 Å². The van der Waals surface area contributed by atoms with Crippen LogP contribution in [-0.2, 0) is 12.8 Å². The first-order valence-electron chi connectivity index (χ1n) is 13.6. The van der Waals surface area contributed by atoms with Crippen molar-refractivity contribution in [3.63, 3.8) is 0 Å². The second kappa shape index (κ2) is 10.9. The van der Waals surface area contributed by atoms with E-state index in [4.69, 9.17) is 9.84 Å². The van der Waals surface area contributed by atoms with Gasteiger partial charge in [-0.1, -0.05) is 18.2 Å². The molecule has 202 valence electrons. The van der Waals surface area contributed by atoms with Gasteiger partial charge in [0.25, 0.3) is 0 Å². The summed E-state index contributed by atoms with van der Waals surface area (Å²) in [5, 5.41) is 19.4. The van der Waals surface area contributed by atoms with Gasteiger partial charge in [0, 0.05) is 51.7 Å². The summed E-state index contributed by atoms with van der Waals surface area (Å²) in [6.45, 7) is 0. The number of pyridine rings is 1. The average molecular weight is 558 g/mol. The van der Waals surface area contributed by atoms with Gasteiger partial charge in [-0.3, -0.25) is 0 Å². The molecule has 0 amide bonds. The molecule has 0 saturated heterocycles. The zero-order chi connectivity index (χ0) is 27.6. The molecule has 4 aromatic heterocycles. The van der Waals surface area contributed by atoms with Crippen LogP contribution in [0.5, 0.6) is 11.6 Å². The molecule has 2 aromatic carbocycles. The second-order valence-electron chi connectivity index (χ2n) is 9.83. The lowest BCUT2D eigenvalue weighted by atomic mass is 9.89. The molecular weight excluding hydrogens is 530 g/mol. The lowest BCUT2D eigenvalue weighted by Gasteiger charge is -2.21. The fourth-order valence-corrected chi connectivity index (χ4v) is 6.22. The number of nitrogens with one attached hydrogen (secondary N) is 2. The van der Waals surface area contributed by atoms with E-state index >= 15 is 0 Å². The van der Waals surface area contributed by atoms with Gasteiger partial charge in [-0.2, -0.15) is 0 Å². The number of benzene rings is 2. The van der Waals surface area contributed by atoms with Crippen LogP contribution in [0.25, 0.3) is 32.6 Å². The molecule has 1 aliphatic rings. The van der Waals surface area contributed by atoms with Gasteiger partial charge in [-0.05, 0) is 79.8 Å². The fraction of sp³-hybridized carbons (Fsp3) is 0.156. The van der Waals surface area contributed by atoms with Gasteiger partial charge < -0.3 is 15.4 Å². The van der Waals surface area contributed by atoms with Crippen molar-refractivity contribution < 1.29 is 4.74 Å². The lowest BCUT2D eigenvalue weighted by Crippen LogP contribution is -2.11. The molecule has 4 heterocycles. The van der Waals surface area contributed by atoms with Crippen molar-refractivity contribution in [1.82, 2.24) is 25.1 Å². The summed E-state index contributed by atoms with van der Waals surface area (Å²) >= 11 is 1.76. The molecule has 0 saturated carbocycles. The molecule has 6 aromatic rings. The van der Waals surface area contributed by atoms with Gasteiger partial charge in [0.2, 0.25) is 11.8 Å². The number of ether oxygens (including phenoxy) is 1. The van der Waals surface area contributed by atoms with Gasteiger partial charge in [-0.15, -0.1) is 21.5 Å². The molecule has 0 aliphatic heterocycles. The highest BCUT2D eigenvalue weighted by atomic mass is 32.1. The molecule has 0 bridgehead atoms. The largest absolute Gasteiger partial charge is 0.438 e. The Balaban J connectivity index is 1.14. The normalized spacial score (nSPS) is 12.6. The van der Waals surface area contributed by atoms with Crippen LogP contribution in [-0.4, -0.2) is 32.2 Å². The van der Waals surface area contributed by atoms with Gasteiger partial charge in [0.1, 0.15) is 5.75 Å². The van der Waals surface area contributed by atoms with Crippen LogP contribution < -0.4 is 15.4 Å². The summed E-state index contributed by atoms with van der Waals surface area (Å²) in [5.74, 6) is 2.51. The fourth-order valence-electron chi connectivity index (χ4n) is 5.28. The topological polar surface area (TPSA) is 97.7 Å². The Morgan fingerprint density at radius 2 is 1.66 bits per heavy atom. The number of hydrogen-bond acceptors (Lipinski definition) is 9. The number of fused-ring (bicyclic) bond motifs is 2. The smallest absolute Gasteiger partial charge is 0.228 e. The van der Waals surface area contributed by atoms with E-state index in [9.17, 15) is 0 Å². The maximum Gasteiger partial charge on any atom is 0.228 e. The van der Waals surface area contributed by atoms with Crippen molar-refractivity contribution in [2.75, 3.05) is 17.7 Å². The molecule has 0 fully saturated rings. The zero-order valence-electron chi connectivity index (χ0n) is 22.5. The number of anilines is 3. The summed E-state index contributed by atoms with van der Waals surface area (Å²) < 4.78 is 7.45. The van der Waals surface area contributed by atoms with E-state index in [1.807, 2.05) is 42.5 Å². The number of rotatable bonds is 7. The molecule has 41 heavy (non-hydrogen) atoms. The van der Waals surface area contributed by atoms with Crippen LogP contribution in [0.4, 0.5) is 17.5 Å². The Bertz CT molecular complexity index is 1850. The van der Waals surface area contributed by atoms with Crippen LogP contribution in [0.1, 0.15) is 24.0 Å². The van der Waals surface area contributed by atoms with Crippen LogP contribution in [0, 0.1) is 0 Å². The van der Waals surface area contributed by atoms with Crippen molar-refractivity contribution in [1.29, 1.82) is 0 Å². The van der Waals surface area contributed by atoms with E-state index in [1.54, 1.807) is 30.8 Å². The molecule has 0 unspecified atom stereocenters. The first-order valence-corrected chi connectivity index (χ1v) is 14.5. The number of nitrogens with zero attached hydrogens (tertiary/aromatic N) is 5. The van der Waals surface area contributed by atoms with E-state index in [1.165, 1.54) is 33.2 Å². The SMILES string of the molecule is CNc1nccc(-c2cccnc2Oc2ccc(Nc3nnc(-c4csc5ccccc45)c4c3CCCC4)cc2)n1. The Morgan fingerprint density at radius 1 is 0.805 bits per heavy atom. The van der Waals surface area contributed by atoms with Crippen LogP contribution in [0.2, 0.25) is 0 Å². The first kappa shape index (κ1) is 25.1. The van der Waals surface area contributed by atoms with Crippen molar-refractivity contribution in [2.24, 2.45) is 0 Å². The number of thiophene rings is 1. The minimum atomic E-state index is 0.477. The summed E-state index contributed by atoms with van der Waals surface area (Å²) in [6, 6.07) is 22.0. The minimum absolute atomic E-state index is 0.477. The number of aromatic nitrogens is 5.